The lowest BCUT2D eigenvalue weighted by atomic mass is 9.84. The molecule has 4 rings (SSSR count). The molecule has 36 heavy (non-hydrogen) atoms. The van der Waals surface area contributed by atoms with Crippen LogP contribution in [0.2, 0.25) is 0 Å². The van der Waals surface area contributed by atoms with Crippen molar-refractivity contribution in [2.75, 3.05) is 20.3 Å². The molecule has 0 aromatic heterocycles. The highest BCUT2D eigenvalue weighted by Gasteiger charge is 2.67. The molecule has 3 heterocycles. The molecule has 1 saturated carbocycles. The smallest absolute Gasteiger partial charge is 0.314 e. The quantitative estimate of drug-likeness (QED) is 0.153. The summed E-state index contributed by atoms with van der Waals surface area (Å²) in [5.41, 5.74) is 11.8. The van der Waals surface area contributed by atoms with Crippen molar-refractivity contribution in [1.29, 1.82) is 0 Å². The minimum absolute atomic E-state index is 0.254. The van der Waals surface area contributed by atoms with Crippen molar-refractivity contribution in [2.24, 2.45) is 11.5 Å². The molecule has 1 aliphatic carbocycles. The van der Waals surface area contributed by atoms with Crippen molar-refractivity contribution >= 4 is 0 Å². The van der Waals surface area contributed by atoms with Gasteiger partial charge in [0.15, 0.2) is 12.4 Å². The maximum atomic E-state index is 10.7. The van der Waals surface area contributed by atoms with Gasteiger partial charge in [0.05, 0.1) is 31.5 Å². The van der Waals surface area contributed by atoms with Crippen molar-refractivity contribution < 1.29 is 64.5 Å². The number of hydrogen-bond acceptors (Lipinski definition) is 16. The summed E-state index contributed by atoms with van der Waals surface area (Å²) in [7, 11) is 1.60. The van der Waals surface area contributed by atoms with E-state index in [2.05, 4.69) is 5.32 Å². The van der Waals surface area contributed by atoms with Crippen LogP contribution >= 0.6 is 0 Å². The number of aliphatic hydroxyl groups excluding tert-OH is 8. The van der Waals surface area contributed by atoms with Gasteiger partial charge in [-0.2, -0.15) is 0 Å². The number of likely N-dealkylation sites (N-methyl/N-ethyl adjacent to an activating group) is 1. The molecule has 0 radical (unpaired) electrons. The predicted octanol–water partition coefficient (Wildman–Crippen LogP) is -7.27. The molecule has 13 N–H and O–H groups in total. The summed E-state index contributed by atoms with van der Waals surface area (Å²) in [4.78, 5) is 0. The van der Waals surface area contributed by atoms with Gasteiger partial charge < -0.3 is 81.3 Å². The number of aliphatic hydroxyl groups is 8. The molecule has 16 nitrogen and oxygen atoms in total. The number of fused-ring (bicyclic) bond motifs is 1. The van der Waals surface area contributed by atoms with Crippen LogP contribution in [-0.4, -0.2) is 159 Å². The summed E-state index contributed by atoms with van der Waals surface area (Å²) in [5, 5.41) is 85.6. The minimum atomic E-state index is -2.48. The van der Waals surface area contributed by atoms with Crippen LogP contribution in [0.5, 0.6) is 0 Å². The summed E-state index contributed by atoms with van der Waals surface area (Å²) in [6.45, 7) is -1.33. The van der Waals surface area contributed by atoms with Crippen LogP contribution in [0.3, 0.4) is 0 Å². The molecule has 0 bridgehead atoms. The number of rotatable bonds is 6. The normalized spacial score (nSPS) is 54.4. The molecule has 0 aromatic rings. The van der Waals surface area contributed by atoms with Gasteiger partial charge in [0.25, 0.3) is 0 Å². The Morgan fingerprint density at radius 3 is 2.22 bits per heavy atom. The zero-order chi connectivity index (χ0) is 26.5. The predicted molar refractivity (Wildman–Crippen MR) is 115 cm³/mol. The monoisotopic (exact) mass is 527 g/mol. The van der Waals surface area contributed by atoms with E-state index < -0.39 is 111 Å². The molecule has 3 saturated heterocycles. The minimum Gasteiger partial charge on any atom is -0.395 e. The van der Waals surface area contributed by atoms with E-state index in [0.717, 1.165) is 0 Å². The second-order valence-corrected chi connectivity index (χ2v) is 9.72. The van der Waals surface area contributed by atoms with Crippen LogP contribution in [0.4, 0.5) is 0 Å². The third-order valence-electron chi connectivity index (χ3n) is 7.42. The maximum Gasteiger partial charge on any atom is 0.314 e. The van der Waals surface area contributed by atoms with Crippen LogP contribution in [0, 0.1) is 0 Å². The third-order valence-corrected chi connectivity index (χ3v) is 7.42. The fourth-order valence-electron chi connectivity index (χ4n) is 5.23. The average molecular weight is 528 g/mol. The third kappa shape index (κ3) is 4.68. The zero-order valence-corrected chi connectivity index (χ0v) is 19.6. The van der Waals surface area contributed by atoms with Crippen molar-refractivity contribution in [3.63, 3.8) is 0 Å². The Kier molecular flexibility index (Phi) is 8.55. The van der Waals surface area contributed by atoms with Gasteiger partial charge in [-0.3, -0.25) is 0 Å². The molecule has 16 heteroatoms. The lowest BCUT2D eigenvalue weighted by Gasteiger charge is -2.46. The van der Waals surface area contributed by atoms with E-state index in [1.807, 2.05) is 0 Å². The number of nitrogens with one attached hydrogen (secondary N) is 1. The van der Waals surface area contributed by atoms with E-state index in [-0.39, 0.29) is 6.42 Å². The van der Waals surface area contributed by atoms with Crippen LogP contribution in [-0.2, 0) is 23.7 Å². The lowest BCUT2D eigenvalue weighted by molar-refractivity contribution is -0.439. The summed E-state index contributed by atoms with van der Waals surface area (Å²) < 4.78 is 28.7. The van der Waals surface area contributed by atoms with E-state index in [4.69, 9.17) is 35.2 Å². The Hall–Kier alpha value is -0.640. The first-order chi connectivity index (χ1) is 17.0. The van der Waals surface area contributed by atoms with Gasteiger partial charge in [0, 0.05) is 12.1 Å². The second-order valence-electron chi connectivity index (χ2n) is 9.72. The largest absolute Gasteiger partial charge is 0.395 e. The van der Waals surface area contributed by atoms with Gasteiger partial charge >= 0.3 is 5.97 Å². The Labute approximate surface area is 206 Å². The molecule has 16 atom stereocenters. The van der Waals surface area contributed by atoms with Gasteiger partial charge in [0.1, 0.15) is 48.8 Å². The van der Waals surface area contributed by atoms with Crippen molar-refractivity contribution in [3.8, 4) is 0 Å². The molecule has 0 amide bonds. The Balaban J connectivity index is 1.62. The summed E-state index contributed by atoms with van der Waals surface area (Å²) in [6, 6.07) is -2.50. The first-order valence-corrected chi connectivity index (χ1v) is 11.8. The molecular weight excluding hydrogens is 490 g/mol. The van der Waals surface area contributed by atoms with Crippen LogP contribution < -0.4 is 16.8 Å². The maximum absolute atomic E-state index is 10.7. The number of ether oxygens (including phenoxy) is 5. The van der Waals surface area contributed by atoms with Crippen LogP contribution in [0.15, 0.2) is 0 Å². The molecule has 3 aliphatic heterocycles. The summed E-state index contributed by atoms with van der Waals surface area (Å²) in [6.07, 6.45) is -17.7. The Morgan fingerprint density at radius 1 is 0.944 bits per heavy atom. The first-order valence-electron chi connectivity index (χ1n) is 11.8. The highest BCUT2D eigenvalue weighted by Crippen LogP contribution is 2.45. The highest BCUT2D eigenvalue weighted by atomic mass is 16.9. The van der Waals surface area contributed by atoms with Crippen molar-refractivity contribution in [1.82, 2.24) is 5.32 Å². The summed E-state index contributed by atoms with van der Waals surface area (Å²) >= 11 is 0. The molecule has 4 fully saturated rings. The molecule has 1 spiro atoms. The van der Waals surface area contributed by atoms with Gasteiger partial charge in [-0.25, -0.2) is 0 Å². The fraction of sp³-hybridized carbons (Fsp3) is 1.00. The second kappa shape index (κ2) is 10.9. The molecule has 210 valence electrons. The first kappa shape index (κ1) is 28.4. The number of nitrogens with two attached hydrogens (primary N) is 2. The molecule has 2 unspecified atom stereocenters. The van der Waals surface area contributed by atoms with Gasteiger partial charge in [-0.1, -0.05) is 0 Å². The van der Waals surface area contributed by atoms with E-state index in [9.17, 15) is 40.9 Å². The topological polar surface area (TPSA) is 272 Å². The Morgan fingerprint density at radius 2 is 1.61 bits per heavy atom. The highest BCUT2D eigenvalue weighted by molar-refractivity contribution is 5.05. The van der Waals surface area contributed by atoms with E-state index in [1.165, 1.54) is 0 Å². The SMILES string of the molecule is CN[C@H]1C[C@@H](N)[C@H](O)[C@@H](O[C@@H]2O[C@H](CO)[C@@H](O)[C@@H]3OC4(O[C@H]23)O[C@H]([C@@H](N)CO)[C@H](O)[C@H](O)C4O)[C@@H]1O. The van der Waals surface area contributed by atoms with E-state index in [1.54, 1.807) is 7.05 Å². The lowest BCUT2D eigenvalue weighted by Crippen LogP contribution is -2.69. The zero-order valence-electron chi connectivity index (χ0n) is 19.6. The summed E-state index contributed by atoms with van der Waals surface area (Å²) in [5.74, 6) is -2.48. The van der Waals surface area contributed by atoms with Crippen LogP contribution in [0.25, 0.3) is 0 Å². The van der Waals surface area contributed by atoms with E-state index >= 15 is 0 Å². The van der Waals surface area contributed by atoms with E-state index in [0.29, 0.717) is 0 Å². The van der Waals surface area contributed by atoms with Crippen molar-refractivity contribution in [3.05, 3.63) is 0 Å². The van der Waals surface area contributed by atoms with Crippen LogP contribution in [0.1, 0.15) is 6.42 Å². The van der Waals surface area contributed by atoms with Crippen molar-refractivity contribution in [2.45, 2.75) is 104 Å². The van der Waals surface area contributed by atoms with Gasteiger partial charge in [-0.05, 0) is 13.5 Å². The Bertz CT molecular complexity index is 756. The van der Waals surface area contributed by atoms with Gasteiger partial charge in [-0.15, -0.1) is 0 Å². The number of hydrogen-bond donors (Lipinski definition) is 11. The molecular formula is C20H37N3O13. The molecule has 4 aliphatic rings. The fourth-order valence-corrected chi connectivity index (χ4v) is 5.23. The van der Waals surface area contributed by atoms with Gasteiger partial charge in [0.2, 0.25) is 0 Å². The molecule has 0 aromatic carbocycles. The average Bonchev–Trinajstić information content (AvgIpc) is 3.27. The standard InChI is InChI=1S/C20H37N3O13/c1-23-7-2-5(21)9(26)15(10(7)27)33-19-17-16(11(28)8(4-25)32-19)35-20(36-17)18(31)13(30)12(29)14(34-20)6(22)3-24/h5-19,23-31H,2-4,21-22H2,1H3/t5-,6+,7+,8-,9+,10-,11-,12-,13+,14-,15-,16+,17+,18?,19+,20?/m1/s1.